The predicted molar refractivity (Wildman–Crippen MR) is 150 cm³/mol. The van der Waals surface area contributed by atoms with E-state index in [1.54, 1.807) is 11.3 Å². The van der Waals surface area contributed by atoms with Gasteiger partial charge in [-0.15, -0.1) is 11.3 Å². The number of benzene rings is 5. The van der Waals surface area contributed by atoms with Crippen LogP contribution in [0.3, 0.4) is 0 Å². The molecule has 5 aromatic carbocycles. The highest BCUT2D eigenvalue weighted by molar-refractivity contribution is 7.24. The van der Waals surface area contributed by atoms with Crippen LogP contribution in [0.25, 0.3) is 42.4 Å². The Morgan fingerprint density at radius 2 is 1.29 bits per heavy atom. The predicted octanol–water partition coefficient (Wildman–Crippen LogP) is 8.65. The van der Waals surface area contributed by atoms with Gasteiger partial charge in [-0.3, -0.25) is 4.79 Å². The molecule has 0 fully saturated rings. The molecule has 0 bridgehead atoms. The van der Waals surface area contributed by atoms with Crippen LogP contribution in [0.2, 0.25) is 0 Å². The second kappa shape index (κ2) is 8.98. The molecule has 0 unspecified atom stereocenters. The minimum atomic E-state index is 0.105. The molecule has 0 N–H and O–H groups in total. The minimum absolute atomic E-state index is 0.105. The third-order valence-corrected chi connectivity index (χ3v) is 7.72. The van der Waals surface area contributed by atoms with E-state index in [2.05, 4.69) is 110 Å². The summed E-state index contributed by atoms with van der Waals surface area (Å²) >= 11 is 1.69. The Morgan fingerprint density at radius 3 is 2.06 bits per heavy atom. The van der Waals surface area contributed by atoms with Gasteiger partial charge in [0, 0.05) is 20.2 Å². The van der Waals surface area contributed by atoms with E-state index in [-0.39, 0.29) is 5.43 Å². The minimum Gasteiger partial charge on any atom is -0.288 e. The molecule has 2 heteroatoms. The molecule has 0 aliphatic heterocycles. The van der Waals surface area contributed by atoms with Crippen LogP contribution in [0.1, 0.15) is 16.7 Å². The van der Waals surface area contributed by atoms with Crippen LogP contribution in [-0.2, 0) is 6.42 Å². The first-order chi connectivity index (χ1) is 17.2. The molecular weight excluding hydrogens is 444 g/mol. The van der Waals surface area contributed by atoms with Crippen molar-refractivity contribution in [2.24, 2.45) is 0 Å². The summed E-state index contributed by atoms with van der Waals surface area (Å²) in [6.45, 7) is 2.09. The fourth-order valence-electron chi connectivity index (χ4n) is 4.70. The zero-order chi connectivity index (χ0) is 23.8. The Balaban J connectivity index is 1.42. The lowest BCUT2D eigenvalue weighted by atomic mass is 9.97. The fraction of sp³-hybridized carbons (Fsp3) is 0.0606. The van der Waals surface area contributed by atoms with Crippen molar-refractivity contribution in [3.63, 3.8) is 0 Å². The van der Waals surface area contributed by atoms with Gasteiger partial charge in [0.25, 0.3) is 0 Å². The zero-order valence-corrected chi connectivity index (χ0v) is 20.3. The third-order valence-electron chi connectivity index (χ3n) is 6.60. The van der Waals surface area contributed by atoms with Crippen molar-refractivity contribution >= 4 is 31.5 Å². The van der Waals surface area contributed by atoms with Crippen molar-refractivity contribution < 1.29 is 0 Å². The van der Waals surface area contributed by atoms with E-state index in [9.17, 15) is 4.79 Å². The maximum atomic E-state index is 13.7. The first-order valence-electron chi connectivity index (χ1n) is 11.9. The first kappa shape index (κ1) is 21.5. The van der Waals surface area contributed by atoms with Crippen molar-refractivity contribution in [3.05, 3.63) is 142 Å². The van der Waals surface area contributed by atoms with Gasteiger partial charge in [0.2, 0.25) is 0 Å². The van der Waals surface area contributed by atoms with Crippen molar-refractivity contribution in [1.29, 1.82) is 0 Å². The van der Waals surface area contributed by atoms with Crippen LogP contribution < -0.4 is 5.43 Å². The summed E-state index contributed by atoms with van der Waals surface area (Å²) in [5, 5.41) is 1.59. The molecule has 1 aromatic heterocycles. The maximum Gasteiger partial charge on any atom is 0.196 e. The normalized spacial score (nSPS) is 11.2. The van der Waals surface area contributed by atoms with Gasteiger partial charge in [-0.25, -0.2) is 0 Å². The van der Waals surface area contributed by atoms with Crippen molar-refractivity contribution in [2.45, 2.75) is 13.3 Å². The quantitative estimate of drug-likeness (QED) is 0.237. The van der Waals surface area contributed by atoms with E-state index < -0.39 is 0 Å². The summed E-state index contributed by atoms with van der Waals surface area (Å²) in [5.41, 5.74) is 8.29. The Bertz CT molecular complexity index is 1710. The van der Waals surface area contributed by atoms with Crippen LogP contribution in [0.15, 0.2) is 120 Å². The topological polar surface area (TPSA) is 17.1 Å². The molecule has 0 atom stereocenters. The molecule has 6 rings (SSSR count). The van der Waals surface area contributed by atoms with Gasteiger partial charge in [0.15, 0.2) is 5.43 Å². The lowest BCUT2D eigenvalue weighted by Gasteiger charge is -2.10. The molecule has 0 amide bonds. The molecule has 0 saturated carbocycles. The third kappa shape index (κ3) is 4.18. The zero-order valence-electron chi connectivity index (χ0n) is 19.5. The van der Waals surface area contributed by atoms with Crippen molar-refractivity contribution in [2.75, 3.05) is 0 Å². The molecule has 0 spiro atoms. The number of hydrogen-bond acceptors (Lipinski definition) is 2. The second-order valence-corrected chi connectivity index (χ2v) is 10.1. The molecule has 0 aliphatic carbocycles. The summed E-state index contributed by atoms with van der Waals surface area (Å²) in [4.78, 5) is 13.7. The maximum absolute atomic E-state index is 13.7. The Hall–Kier alpha value is -4.01. The van der Waals surface area contributed by atoms with Crippen LogP contribution >= 0.6 is 11.3 Å². The van der Waals surface area contributed by atoms with Crippen LogP contribution in [0, 0.1) is 6.92 Å². The van der Waals surface area contributed by atoms with Gasteiger partial charge >= 0.3 is 0 Å². The lowest BCUT2D eigenvalue weighted by Crippen LogP contribution is -2.03. The van der Waals surface area contributed by atoms with Gasteiger partial charge < -0.3 is 0 Å². The van der Waals surface area contributed by atoms with E-state index in [1.165, 1.54) is 22.3 Å². The molecule has 1 heterocycles. The molecule has 1 nitrogen and oxygen atoms in total. The molecule has 0 aliphatic rings. The highest BCUT2D eigenvalue weighted by Crippen LogP contribution is 2.34. The SMILES string of the molecule is Cc1ccc(-c2ccc3c(=O)c4c(-c5ccc(Cc6ccccc6)cc5)cccc4sc3c2)cc1. The average Bonchev–Trinajstić information content (AvgIpc) is 2.90. The number of hydrogen-bond donors (Lipinski definition) is 0. The highest BCUT2D eigenvalue weighted by Gasteiger charge is 2.12. The molecular formula is C33H24OS. The lowest BCUT2D eigenvalue weighted by molar-refractivity contribution is 1.19. The van der Waals surface area contributed by atoms with Crippen molar-refractivity contribution in [3.8, 4) is 22.3 Å². The highest BCUT2D eigenvalue weighted by atomic mass is 32.1. The summed E-state index contributed by atoms with van der Waals surface area (Å²) < 4.78 is 2.05. The first-order valence-corrected chi connectivity index (χ1v) is 12.7. The standard InChI is InChI=1S/C33H24OS/c1-22-10-14-25(15-11-22)27-18-19-29-31(21-27)35-30-9-5-8-28(32(30)33(29)34)26-16-12-24(13-17-26)20-23-6-3-2-4-7-23/h2-19,21H,20H2,1H3. The molecule has 168 valence electrons. The smallest absolute Gasteiger partial charge is 0.196 e. The van der Waals surface area contributed by atoms with Crippen LogP contribution in [0.4, 0.5) is 0 Å². The van der Waals surface area contributed by atoms with E-state index in [1.807, 2.05) is 12.1 Å². The molecule has 0 radical (unpaired) electrons. The van der Waals surface area contributed by atoms with E-state index in [4.69, 9.17) is 0 Å². The van der Waals surface area contributed by atoms with E-state index >= 15 is 0 Å². The van der Waals surface area contributed by atoms with Crippen molar-refractivity contribution in [1.82, 2.24) is 0 Å². The van der Waals surface area contributed by atoms with Gasteiger partial charge in [0.05, 0.1) is 0 Å². The van der Waals surface area contributed by atoms with Gasteiger partial charge in [-0.2, -0.15) is 0 Å². The Kier molecular flexibility index (Phi) is 5.52. The van der Waals surface area contributed by atoms with Gasteiger partial charge in [0.1, 0.15) is 0 Å². The van der Waals surface area contributed by atoms with Gasteiger partial charge in [-0.1, -0.05) is 103 Å². The largest absolute Gasteiger partial charge is 0.288 e. The fourth-order valence-corrected chi connectivity index (χ4v) is 5.84. The van der Waals surface area contributed by atoms with Crippen LogP contribution in [-0.4, -0.2) is 0 Å². The number of fused-ring (bicyclic) bond motifs is 2. The average molecular weight is 469 g/mol. The monoisotopic (exact) mass is 468 g/mol. The summed E-state index contributed by atoms with van der Waals surface area (Å²) in [7, 11) is 0. The second-order valence-electron chi connectivity index (χ2n) is 9.05. The Morgan fingerprint density at radius 1 is 0.600 bits per heavy atom. The Labute approximate surface area is 209 Å². The van der Waals surface area contributed by atoms with E-state index in [0.29, 0.717) is 0 Å². The van der Waals surface area contributed by atoms with Crippen LogP contribution in [0.5, 0.6) is 0 Å². The molecule has 35 heavy (non-hydrogen) atoms. The summed E-state index contributed by atoms with van der Waals surface area (Å²) in [6, 6.07) is 40.0. The molecule has 0 saturated heterocycles. The summed E-state index contributed by atoms with van der Waals surface area (Å²) in [5.74, 6) is 0. The van der Waals surface area contributed by atoms with E-state index in [0.717, 1.165) is 43.3 Å². The number of rotatable bonds is 4. The number of aryl methyl sites for hydroxylation is 1. The molecule has 6 aromatic rings. The summed E-state index contributed by atoms with van der Waals surface area (Å²) in [6.07, 6.45) is 0.902. The van der Waals surface area contributed by atoms with Gasteiger partial charge in [-0.05, 0) is 64.9 Å².